The molecule has 0 bridgehead atoms. The Morgan fingerprint density at radius 3 is 2.80 bits per heavy atom. The van der Waals surface area contributed by atoms with Crippen molar-refractivity contribution in [3.05, 3.63) is 23.1 Å². The van der Waals surface area contributed by atoms with Crippen LogP contribution in [0, 0.1) is 5.92 Å². The summed E-state index contributed by atoms with van der Waals surface area (Å²) in [6.45, 7) is 2.20. The summed E-state index contributed by atoms with van der Waals surface area (Å²) in [5.74, 6) is 0.695. The van der Waals surface area contributed by atoms with Crippen molar-refractivity contribution in [2.75, 3.05) is 0 Å². The van der Waals surface area contributed by atoms with E-state index in [9.17, 15) is 0 Å². The first kappa shape index (κ1) is 9.75. The van der Waals surface area contributed by atoms with Crippen molar-refractivity contribution in [2.24, 2.45) is 11.1 Å². The van der Waals surface area contributed by atoms with Crippen LogP contribution in [0.15, 0.2) is 23.1 Å². The predicted molar refractivity (Wildman–Crippen MR) is 47.8 cm³/mol. The third kappa shape index (κ3) is 2.56. The summed E-state index contributed by atoms with van der Waals surface area (Å²) in [4.78, 5) is 1.19. The van der Waals surface area contributed by atoms with Gasteiger partial charge in [-0.3, -0.25) is 5.14 Å². The van der Waals surface area contributed by atoms with Crippen LogP contribution in [0.5, 0.6) is 0 Å². The number of nitrogens with two attached hydrogens (primary N) is 1. The molecule has 0 aromatic carbocycles. The molecule has 0 amide bonds. The van der Waals surface area contributed by atoms with E-state index in [0.29, 0.717) is 5.92 Å². The summed E-state index contributed by atoms with van der Waals surface area (Å²) < 4.78 is 0. The SMILES string of the molecule is CC1C=CC(SN)=CC1.N. The molecule has 0 saturated carbocycles. The molecule has 58 valence electrons. The van der Waals surface area contributed by atoms with E-state index in [0.717, 1.165) is 6.42 Å². The molecule has 1 unspecified atom stereocenters. The van der Waals surface area contributed by atoms with Gasteiger partial charge in [0.2, 0.25) is 0 Å². The summed E-state index contributed by atoms with van der Waals surface area (Å²) in [6.07, 6.45) is 7.58. The van der Waals surface area contributed by atoms with Crippen LogP contribution in [-0.4, -0.2) is 0 Å². The molecule has 10 heavy (non-hydrogen) atoms. The summed E-state index contributed by atoms with van der Waals surface area (Å²) in [7, 11) is 0. The molecule has 0 spiro atoms. The van der Waals surface area contributed by atoms with Crippen LogP contribution >= 0.6 is 11.9 Å². The van der Waals surface area contributed by atoms with Crippen LogP contribution in [0.4, 0.5) is 0 Å². The Bertz CT molecular complexity index is 152. The maximum atomic E-state index is 5.35. The highest BCUT2D eigenvalue weighted by atomic mass is 32.2. The summed E-state index contributed by atoms with van der Waals surface area (Å²) in [5.41, 5.74) is 0. The van der Waals surface area contributed by atoms with Gasteiger partial charge in [-0.1, -0.05) is 25.2 Å². The first-order chi connectivity index (χ1) is 4.33. The fourth-order valence-electron chi connectivity index (χ4n) is 0.795. The normalized spacial score (nSPS) is 23.4. The smallest absolute Gasteiger partial charge is 0.0183 e. The molecule has 1 aliphatic rings. The van der Waals surface area contributed by atoms with Crippen LogP contribution in [0.25, 0.3) is 0 Å². The Labute approximate surface area is 66.3 Å². The molecular weight excluding hydrogens is 144 g/mol. The van der Waals surface area contributed by atoms with Crippen LogP contribution in [0.2, 0.25) is 0 Å². The Balaban J connectivity index is 0.000000810. The van der Waals surface area contributed by atoms with Gasteiger partial charge in [-0.15, -0.1) is 0 Å². The second kappa shape index (κ2) is 4.55. The van der Waals surface area contributed by atoms with E-state index in [1.165, 1.54) is 16.9 Å². The Kier molecular flexibility index (Phi) is 4.43. The minimum atomic E-state index is 0. The maximum absolute atomic E-state index is 5.35. The average Bonchev–Trinajstić information content (AvgIpc) is 1.90. The fraction of sp³-hybridized carbons (Fsp3) is 0.429. The third-order valence-electron chi connectivity index (χ3n) is 1.42. The van der Waals surface area contributed by atoms with Crippen LogP contribution in [0.3, 0.4) is 0 Å². The van der Waals surface area contributed by atoms with E-state index in [1.54, 1.807) is 0 Å². The number of rotatable bonds is 1. The number of hydrogen-bond donors (Lipinski definition) is 2. The zero-order chi connectivity index (χ0) is 6.69. The molecule has 5 N–H and O–H groups in total. The maximum Gasteiger partial charge on any atom is 0.0183 e. The van der Waals surface area contributed by atoms with Crippen molar-refractivity contribution >= 4 is 11.9 Å². The lowest BCUT2D eigenvalue weighted by atomic mass is 10.0. The van der Waals surface area contributed by atoms with Gasteiger partial charge in [-0.05, 0) is 24.3 Å². The first-order valence-electron chi connectivity index (χ1n) is 3.08. The quantitative estimate of drug-likeness (QED) is 0.575. The lowest BCUT2D eigenvalue weighted by Gasteiger charge is -2.08. The van der Waals surface area contributed by atoms with Gasteiger partial charge in [0.05, 0.1) is 0 Å². The van der Waals surface area contributed by atoms with Gasteiger partial charge in [-0.25, -0.2) is 0 Å². The van der Waals surface area contributed by atoms with Gasteiger partial charge in [-0.2, -0.15) is 0 Å². The molecule has 0 aromatic heterocycles. The zero-order valence-corrected chi connectivity index (χ0v) is 7.03. The van der Waals surface area contributed by atoms with Crippen molar-refractivity contribution < 1.29 is 0 Å². The van der Waals surface area contributed by atoms with E-state index < -0.39 is 0 Å². The summed E-state index contributed by atoms with van der Waals surface area (Å²) in [6, 6.07) is 0. The zero-order valence-electron chi connectivity index (χ0n) is 6.21. The van der Waals surface area contributed by atoms with E-state index in [2.05, 4.69) is 25.2 Å². The molecule has 0 radical (unpaired) electrons. The number of allylic oxidation sites excluding steroid dienone is 3. The predicted octanol–water partition coefficient (Wildman–Crippen LogP) is 2.24. The second-order valence-electron chi connectivity index (χ2n) is 2.30. The van der Waals surface area contributed by atoms with E-state index >= 15 is 0 Å². The molecule has 3 heteroatoms. The highest BCUT2D eigenvalue weighted by Gasteiger charge is 2.00. The summed E-state index contributed by atoms with van der Waals surface area (Å²) >= 11 is 1.32. The molecule has 1 rings (SSSR count). The van der Waals surface area contributed by atoms with E-state index in [-0.39, 0.29) is 6.15 Å². The lowest BCUT2D eigenvalue weighted by molar-refractivity contribution is 0.735. The van der Waals surface area contributed by atoms with Crippen molar-refractivity contribution in [3.63, 3.8) is 0 Å². The Morgan fingerprint density at radius 2 is 2.40 bits per heavy atom. The minimum Gasteiger partial charge on any atom is -0.344 e. The molecule has 2 nitrogen and oxygen atoms in total. The molecule has 0 fully saturated rings. The third-order valence-corrected chi connectivity index (χ3v) is 1.99. The van der Waals surface area contributed by atoms with Gasteiger partial charge < -0.3 is 6.15 Å². The molecule has 0 saturated heterocycles. The van der Waals surface area contributed by atoms with Crippen LogP contribution in [-0.2, 0) is 0 Å². The standard InChI is InChI=1S/C7H11NS.H3N/c1-6-2-4-7(9-8)5-3-6;/h2,4-6H,3,8H2,1H3;1H3. The van der Waals surface area contributed by atoms with Gasteiger partial charge in [0.1, 0.15) is 0 Å². The summed E-state index contributed by atoms with van der Waals surface area (Å²) in [5, 5.41) is 5.35. The minimum absolute atomic E-state index is 0. The molecule has 1 aliphatic carbocycles. The first-order valence-corrected chi connectivity index (χ1v) is 3.96. The van der Waals surface area contributed by atoms with Gasteiger partial charge in [0.25, 0.3) is 0 Å². The van der Waals surface area contributed by atoms with Gasteiger partial charge in [0.15, 0.2) is 0 Å². The van der Waals surface area contributed by atoms with Crippen molar-refractivity contribution in [2.45, 2.75) is 13.3 Å². The van der Waals surface area contributed by atoms with Crippen LogP contribution < -0.4 is 11.3 Å². The highest BCUT2D eigenvalue weighted by molar-refractivity contribution is 8.01. The molecule has 0 aliphatic heterocycles. The van der Waals surface area contributed by atoms with Crippen molar-refractivity contribution in [3.8, 4) is 0 Å². The molecular formula is C7H14N2S. The fourth-order valence-corrected chi connectivity index (χ4v) is 1.14. The van der Waals surface area contributed by atoms with Crippen LogP contribution in [0.1, 0.15) is 13.3 Å². The molecule has 0 heterocycles. The number of hydrogen-bond acceptors (Lipinski definition) is 3. The monoisotopic (exact) mass is 158 g/mol. The topological polar surface area (TPSA) is 61.0 Å². The second-order valence-corrected chi connectivity index (χ2v) is 3.00. The average molecular weight is 158 g/mol. The molecule has 0 aromatic rings. The Hall–Kier alpha value is -0.250. The van der Waals surface area contributed by atoms with Gasteiger partial charge in [0, 0.05) is 4.91 Å². The largest absolute Gasteiger partial charge is 0.344 e. The van der Waals surface area contributed by atoms with Gasteiger partial charge >= 0.3 is 0 Å². The molecule has 1 atom stereocenters. The van der Waals surface area contributed by atoms with Crippen molar-refractivity contribution in [1.82, 2.24) is 6.15 Å². The lowest BCUT2D eigenvalue weighted by Crippen LogP contribution is -1.93. The Morgan fingerprint density at radius 1 is 1.70 bits per heavy atom. The van der Waals surface area contributed by atoms with Crippen molar-refractivity contribution in [1.29, 1.82) is 0 Å². The van der Waals surface area contributed by atoms with E-state index in [1.807, 2.05) is 0 Å². The van der Waals surface area contributed by atoms with E-state index in [4.69, 9.17) is 5.14 Å². The highest BCUT2D eigenvalue weighted by Crippen LogP contribution is 2.20.